The van der Waals surface area contributed by atoms with Crippen molar-refractivity contribution in [3.8, 4) is 11.3 Å². The minimum absolute atomic E-state index is 0.0838. The molecule has 1 amide bonds. The van der Waals surface area contributed by atoms with Crippen LogP contribution in [0.2, 0.25) is 0 Å². The van der Waals surface area contributed by atoms with E-state index in [-0.39, 0.29) is 17.2 Å². The van der Waals surface area contributed by atoms with E-state index >= 15 is 0 Å². The Kier molecular flexibility index (Phi) is 5.40. The second-order valence-electron chi connectivity index (χ2n) is 6.35. The number of nitro benzene ring substituents is 1. The van der Waals surface area contributed by atoms with Crippen LogP contribution in [0.5, 0.6) is 0 Å². The topological polar surface area (TPSA) is 114 Å². The number of benzene rings is 2. The lowest BCUT2D eigenvalue weighted by Crippen LogP contribution is -2.27. The first-order chi connectivity index (χ1) is 14.8. The molecule has 0 spiro atoms. The maximum Gasteiger partial charge on any atom is 0.335 e. The van der Waals surface area contributed by atoms with Crippen molar-refractivity contribution in [2.45, 2.75) is 0 Å². The molecule has 0 unspecified atom stereocenters. The number of carbonyl (C=O) groups is 2. The lowest BCUT2D eigenvalue weighted by molar-refractivity contribution is -0.384. The lowest BCUT2D eigenvalue weighted by atomic mass is 10.1. The van der Waals surface area contributed by atoms with E-state index in [4.69, 9.17) is 21.7 Å². The normalized spacial score (nSPS) is 15.0. The molecule has 2 heterocycles. The number of para-hydroxylation sites is 1. The molecule has 4 rings (SSSR count). The molecule has 1 fully saturated rings. The Balaban J connectivity index is 1.61. The van der Waals surface area contributed by atoms with Gasteiger partial charge in [0.05, 0.1) is 26.6 Å². The van der Waals surface area contributed by atoms with Gasteiger partial charge in [0.15, 0.2) is 4.32 Å². The molecular weight excluding hydrogens is 440 g/mol. The number of anilines is 1. The molecule has 10 heteroatoms. The number of aromatic carboxylic acids is 1. The van der Waals surface area contributed by atoms with Gasteiger partial charge < -0.3 is 9.52 Å². The van der Waals surface area contributed by atoms with Crippen molar-refractivity contribution in [3.63, 3.8) is 0 Å². The minimum atomic E-state index is -1.07. The lowest BCUT2D eigenvalue weighted by Gasteiger charge is -2.14. The van der Waals surface area contributed by atoms with Gasteiger partial charge in [-0.15, -0.1) is 0 Å². The molecular formula is C21H12N2O6S2. The van der Waals surface area contributed by atoms with Crippen LogP contribution in [-0.4, -0.2) is 26.2 Å². The Morgan fingerprint density at radius 3 is 2.52 bits per heavy atom. The van der Waals surface area contributed by atoms with Crippen molar-refractivity contribution in [2.24, 2.45) is 0 Å². The molecule has 8 nitrogen and oxygen atoms in total. The highest BCUT2D eigenvalue weighted by molar-refractivity contribution is 8.27. The van der Waals surface area contributed by atoms with Gasteiger partial charge in [-0.05, 0) is 42.5 Å². The highest BCUT2D eigenvalue weighted by Gasteiger charge is 2.33. The summed E-state index contributed by atoms with van der Waals surface area (Å²) in [6.07, 6.45) is 1.52. The third kappa shape index (κ3) is 3.98. The first-order valence-corrected chi connectivity index (χ1v) is 10.0. The number of rotatable bonds is 5. The first-order valence-electron chi connectivity index (χ1n) is 8.80. The summed E-state index contributed by atoms with van der Waals surface area (Å²) in [5.74, 6) is -0.793. The second-order valence-corrected chi connectivity index (χ2v) is 8.02. The molecule has 0 aliphatic carbocycles. The minimum Gasteiger partial charge on any atom is -0.478 e. The monoisotopic (exact) mass is 452 g/mol. The Bertz CT molecular complexity index is 1260. The van der Waals surface area contributed by atoms with E-state index in [2.05, 4.69) is 0 Å². The summed E-state index contributed by atoms with van der Waals surface area (Å²) >= 11 is 6.39. The molecule has 1 aliphatic heterocycles. The fourth-order valence-corrected chi connectivity index (χ4v) is 4.27. The van der Waals surface area contributed by atoms with Crippen LogP contribution >= 0.6 is 24.0 Å². The van der Waals surface area contributed by atoms with E-state index in [1.54, 1.807) is 30.3 Å². The number of furan rings is 1. The zero-order valence-corrected chi connectivity index (χ0v) is 17.2. The Morgan fingerprint density at radius 2 is 1.84 bits per heavy atom. The summed E-state index contributed by atoms with van der Waals surface area (Å²) in [6, 6.07) is 15.2. The number of carboxylic acid groups (broad SMARTS) is 1. The third-order valence-corrected chi connectivity index (χ3v) is 5.73. The smallest absolute Gasteiger partial charge is 0.335 e. The van der Waals surface area contributed by atoms with Crippen molar-refractivity contribution < 1.29 is 24.0 Å². The number of carbonyl (C=O) groups excluding carboxylic acids is 1. The average Bonchev–Trinajstić information content (AvgIpc) is 3.32. The number of hydrogen-bond acceptors (Lipinski definition) is 7. The fraction of sp³-hybridized carbons (Fsp3) is 0. The van der Waals surface area contributed by atoms with Gasteiger partial charge in [-0.2, -0.15) is 0 Å². The Morgan fingerprint density at radius 1 is 1.13 bits per heavy atom. The largest absolute Gasteiger partial charge is 0.478 e. The summed E-state index contributed by atoms with van der Waals surface area (Å²) in [5.41, 5.74) is 0.802. The van der Waals surface area contributed by atoms with Gasteiger partial charge in [-0.3, -0.25) is 19.8 Å². The maximum atomic E-state index is 12.9. The van der Waals surface area contributed by atoms with Crippen LogP contribution in [0.4, 0.5) is 11.4 Å². The van der Waals surface area contributed by atoms with E-state index in [0.717, 1.165) is 11.8 Å². The van der Waals surface area contributed by atoms with Crippen LogP contribution in [0.3, 0.4) is 0 Å². The maximum absolute atomic E-state index is 12.9. The molecule has 0 radical (unpaired) electrons. The Hall–Kier alpha value is -3.76. The molecule has 1 N–H and O–H groups in total. The standard InChI is InChI=1S/C21H12N2O6S2/c24-19-18(31-21(30)22(19)13-7-5-12(6-8-13)20(25)26)11-14-9-10-17(29-14)15-3-1-2-4-16(15)23(27)28/h1-11H,(H,25,26). The van der Waals surface area contributed by atoms with E-state index < -0.39 is 10.9 Å². The van der Waals surface area contributed by atoms with Gasteiger partial charge in [-0.1, -0.05) is 36.1 Å². The number of thiocarbonyl (C=S) groups is 1. The van der Waals surface area contributed by atoms with Crippen molar-refractivity contribution in [1.82, 2.24) is 0 Å². The van der Waals surface area contributed by atoms with E-state index in [1.165, 1.54) is 41.3 Å². The number of amides is 1. The summed E-state index contributed by atoms with van der Waals surface area (Å²) in [7, 11) is 0. The summed E-state index contributed by atoms with van der Waals surface area (Å²) in [4.78, 5) is 36.3. The van der Waals surface area contributed by atoms with E-state index in [1.807, 2.05) is 0 Å². The summed E-state index contributed by atoms with van der Waals surface area (Å²) < 4.78 is 6.01. The molecule has 0 bridgehead atoms. The molecule has 1 aliphatic rings. The van der Waals surface area contributed by atoms with Crippen molar-refractivity contribution in [2.75, 3.05) is 4.90 Å². The van der Waals surface area contributed by atoms with Crippen LogP contribution in [0.1, 0.15) is 16.1 Å². The van der Waals surface area contributed by atoms with Gasteiger partial charge in [0.2, 0.25) is 0 Å². The number of carboxylic acids is 1. The van der Waals surface area contributed by atoms with Crippen LogP contribution in [0.15, 0.2) is 70.0 Å². The number of nitro groups is 1. The molecule has 31 heavy (non-hydrogen) atoms. The first kappa shape index (κ1) is 20.5. The molecule has 0 atom stereocenters. The predicted molar refractivity (Wildman–Crippen MR) is 120 cm³/mol. The van der Waals surface area contributed by atoms with Gasteiger partial charge in [0.25, 0.3) is 11.6 Å². The van der Waals surface area contributed by atoms with E-state index in [0.29, 0.717) is 32.0 Å². The van der Waals surface area contributed by atoms with Gasteiger partial charge in [0, 0.05) is 12.1 Å². The zero-order valence-electron chi connectivity index (χ0n) is 15.6. The fourth-order valence-electron chi connectivity index (χ4n) is 2.99. The average molecular weight is 452 g/mol. The van der Waals surface area contributed by atoms with Crippen molar-refractivity contribution in [1.29, 1.82) is 0 Å². The summed E-state index contributed by atoms with van der Waals surface area (Å²) in [5, 5.41) is 20.3. The van der Waals surface area contributed by atoms with Crippen LogP contribution in [0.25, 0.3) is 17.4 Å². The van der Waals surface area contributed by atoms with Gasteiger partial charge in [0.1, 0.15) is 11.5 Å². The molecule has 2 aromatic carbocycles. The highest BCUT2D eigenvalue weighted by Crippen LogP contribution is 2.37. The summed E-state index contributed by atoms with van der Waals surface area (Å²) in [6.45, 7) is 0. The van der Waals surface area contributed by atoms with Crippen molar-refractivity contribution >= 4 is 57.6 Å². The van der Waals surface area contributed by atoms with Crippen molar-refractivity contribution in [3.05, 3.63) is 87.0 Å². The number of nitrogens with zero attached hydrogens (tertiary/aromatic N) is 2. The molecule has 0 saturated carbocycles. The second kappa shape index (κ2) is 8.17. The van der Waals surface area contributed by atoms with Crippen LogP contribution in [0, 0.1) is 10.1 Å². The SMILES string of the molecule is O=C(O)c1ccc(N2C(=O)C(=Cc3ccc(-c4ccccc4[N+](=O)[O-])o3)SC2=S)cc1. The van der Waals surface area contributed by atoms with E-state index in [9.17, 15) is 19.7 Å². The number of thioether (sulfide) groups is 1. The zero-order chi connectivity index (χ0) is 22.1. The highest BCUT2D eigenvalue weighted by atomic mass is 32.2. The van der Waals surface area contributed by atoms with Crippen LogP contribution in [-0.2, 0) is 4.79 Å². The molecule has 1 saturated heterocycles. The number of hydrogen-bond donors (Lipinski definition) is 1. The third-order valence-electron chi connectivity index (χ3n) is 4.43. The van der Waals surface area contributed by atoms with Crippen LogP contribution < -0.4 is 4.90 Å². The quantitative estimate of drug-likeness (QED) is 0.250. The molecule has 1 aromatic heterocycles. The predicted octanol–water partition coefficient (Wildman–Crippen LogP) is 4.96. The van der Waals surface area contributed by atoms with Gasteiger partial charge in [-0.25, -0.2) is 4.79 Å². The van der Waals surface area contributed by atoms with Gasteiger partial charge >= 0.3 is 5.97 Å². The molecule has 154 valence electrons. The molecule has 3 aromatic rings. The Labute approximate surface area is 184 Å².